The number of aryl methyl sites for hydroxylation is 1. The van der Waals surface area contributed by atoms with Crippen LogP contribution in [-0.4, -0.2) is 9.78 Å². The highest BCUT2D eigenvalue weighted by Crippen LogP contribution is 2.07. The summed E-state index contributed by atoms with van der Waals surface area (Å²) in [5.41, 5.74) is 6.82. The molecule has 0 radical (unpaired) electrons. The molecule has 0 aromatic carbocycles. The van der Waals surface area contributed by atoms with Crippen LogP contribution in [0.1, 0.15) is 38.3 Å². The number of nitrogens with zero attached hydrogens (tertiary/aromatic N) is 2. The minimum Gasteiger partial charge on any atom is -0.324 e. The average molecular weight is 167 g/mol. The van der Waals surface area contributed by atoms with Gasteiger partial charge in [0.05, 0.1) is 6.20 Å². The van der Waals surface area contributed by atoms with Crippen LogP contribution in [0, 0.1) is 0 Å². The molecule has 1 atom stereocenters. The molecule has 0 saturated heterocycles. The van der Waals surface area contributed by atoms with Crippen molar-refractivity contribution in [1.82, 2.24) is 9.78 Å². The molecule has 1 unspecified atom stereocenters. The highest BCUT2D eigenvalue weighted by Gasteiger charge is 2.01. The van der Waals surface area contributed by atoms with Gasteiger partial charge in [-0.3, -0.25) is 4.68 Å². The van der Waals surface area contributed by atoms with Crippen LogP contribution in [0.25, 0.3) is 0 Å². The van der Waals surface area contributed by atoms with Crippen LogP contribution in [0.5, 0.6) is 0 Å². The predicted octanol–water partition coefficient (Wildman–Crippen LogP) is 1.70. The lowest BCUT2D eigenvalue weighted by molar-refractivity contribution is 0.571. The van der Waals surface area contributed by atoms with Crippen molar-refractivity contribution in [3.8, 4) is 0 Å². The summed E-state index contributed by atoms with van der Waals surface area (Å²) in [7, 11) is 0. The maximum atomic E-state index is 5.70. The summed E-state index contributed by atoms with van der Waals surface area (Å²) < 4.78 is 1.96. The van der Waals surface area contributed by atoms with Crippen LogP contribution in [-0.2, 0) is 6.54 Å². The van der Waals surface area contributed by atoms with E-state index in [0.29, 0.717) is 0 Å². The summed E-state index contributed by atoms with van der Waals surface area (Å²) in [5.74, 6) is 0. The summed E-state index contributed by atoms with van der Waals surface area (Å²) >= 11 is 0. The van der Waals surface area contributed by atoms with Crippen molar-refractivity contribution in [1.29, 1.82) is 0 Å². The van der Waals surface area contributed by atoms with Crippen LogP contribution in [0.4, 0.5) is 0 Å². The van der Waals surface area contributed by atoms with Gasteiger partial charge in [0.1, 0.15) is 0 Å². The molecule has 0 saturated carbocycles. The maximum absolute atomic E-state index is 5.70. The van der Waals surface area contributed by atoms with Crippen molar-refractivity contribution in [2.45, 2.75) is 39.3 Å². The highest BCUT2D eigenvalue weighted by atomic mass is 15.3. The van der Waals surface area contributed by atoms with Crippen molar-refractivity contribution in [3.05, 3.63) is 18.0 Å². The van der Waals surface area contributed by atoms with Gasteiger partial charge in [0.2, 0.25) is 0 Å². The lowest BCUT2D eigenvalue weighted by Crippen LogP contribution is -2.03. The van der Waals surface area contributed by atoms with Gasteiger partial charge < -0.3 is 5.73 Å². The molecule has 1 aromatic rings. The summed E-state index contributed by atoms with van der Waals surface area (Å²) in [6.45, 7) is 5.15. The number of hydrogen-bond donors (Lipinski definition) is 1. The molecule has 0 aliphatic heterocycles. The summed E-state index contributed by atoms with van der Waals surface area (Å²) in [4.78, 5) is 0. The molecule has 3 nitrogen and oxygen atoms in total. The van der Waals surface area contributed by atoms with Crippen LogP contribution in [0.2, 0.25) is 0 Å². The molecule has 0 bridgehead atoms. The van der Waals surface area contributed by atoms with Gasteiger partial charge in [0.15, 0.2) is 0 Å². The van der Waals surface area contributed by atoms with Crippen molar-refractivity contribution < 1.29 is 0 Å². The monoisotopic (exact) mass is 167 g/mol. The molecular formula is C9H17N3. The molecule has 0 aliphatic rings. The molecular weight excluding hydrogens is 150 g/mol. The Morgan fingerprint density at radius 1 is 1.67 bits per heavy atom. The fraction of sp³-hybridized carbons (Fsp3) is 0.667. The fourth-order valence-corrected chi connectivity index (χ4v) is 1.06. The largest absolute Gasteiger partial charge is 0.324 e. The Morgan fingerprint density at radius 3 is 2.92 bits per heavy atom. The lowest BCUT2D eigenvalue weighted by Gasteiger charge is -1.99. The first-order valence-electron chi connectivity index (χ1n) is 4.52. The van der Waals surface area contributed by atoms with E-state index in [0.717, 1.165) is 12.1 Å². The van der Waals surface area contributed by atoms with Crippen LogP contribution < -0.4 is 5.73 Å². The van der Waals surface area contributed by atoms with Gasteiger partial charge in [0, 0.05) is 24.3 Å². The van der Waals surface area contributed by atoms with Gasteiger partial charge in [-0.1, -0.05) is 13.3 Å². The number of unbranched alkanes of at least 4 members (excludes halogenated alkanes) is 1. The first-order chi connectivity index (χ1) is 5.74. The predicted molar refractivity (Wildman–Crippen MR) is 49.7 cm³/mol. The number of rotatable bonds is 4. The molecule has 1 rings (SSSR count). The Morgan fingerprint density at radius 2 is 2.42 bits per heavy atom. The molecule has 12 heavy (non-hydrogen) atoms. The quantitative estimate of drug-likeness (QED) is 0.741. The van der Waals surface area contributed by atoms with Gasteiger partial charge >= 0.3 is 0 Å². The molecule has 0 amide bonds. The zero-order valence-electron chi connectivity index (χ0n) is 7.83. The second-order valence-corrected chi connectivity index (χ2v) is 3.18. The van der Waals surface area contributed by atoms with E-state index < -0.39 is 0 Å². The molecule has 68 valence electrons. The highest BCUT2D eigenvalue weighted by molar-refractivity contribution is 5.07. The Kier molecular flexibility index (Phi) is 3.29. The van der Waals surface area contributed by atoms with E-state index in [9.17, 15) is 0 Å². The van der Waals surface area contributed by atoms with Crippen LogP contribution in [0.15, 0.2) is 12.4 Å². The zero-order chi connectivity index (χ0) is 8.97. The van der Waals surface area contributed by atoms with E-state index in [4.69, 9.17) is 5.73 Å². The van der Waals surface area contributed by atoms with Gasteiger partial charge in [-0.05, 0) is 13.3 Å². The van der Waals surface area contributed by atoms with E-state index in [-0.39, 0.29) is 6.04 Å². The van der Waals surface area contributed by atoms with Crippen molar-refractivity contribution in [2.75, 3.05) is 0 Å². The summed E-state index contributed by atoms with van der Waals surface area (Å²) in [5, 5.41) is 4.21. The van der Waals surface area contributed by atoms with E-state index in [1.807, 2.05) is 24.0 Å². The average Bonchev–Trinajstić information content (AvgIpc) is 2.48. The van der Waals surface area contributed by atoms with Crippen LogP contribution in [0.3, 0.4) is 0 Å². The van der Waals surface area contributed by atoms with Crippen molar-refractivity contribution >= 4 is 0 Å². The number of aromatic nitrogens is 2. The zero-order valence-corrected chi connectivity index (χ0v) is 7.83. The maximum Gasteiger partial charge on any atom is 0.0537 e. The Hall–Kier alpha value is -0.830. The minimum atomic E-state index is 0.0976. The molecule has 0 fully saturated rings. The topological polar surface area (TPSA) is 43.8 Å². The second kappa shape index (κ2) is 4.26. The van der Waals surface area contributed by atoms with Crippen molar-refractivity contribution in [3.63, 3.8) is 0 Å². The van der Waals surface area contributed by atoms with E-state index in [2.05, 4.69) is 12.0 Å². The third-order valence-corrected chi connectivity index (χ3v) is 1.92. The Bertz CT molecular complexity index is 227. The minimum absolute atomic E-state index is 0.0976. The normalized spacial score (nSPS) is 13.2. The SMILES string of the molecule is CCCCn1cc(C(C)N)cn1. The lowest BCUT2D eigenvalue weighted by atomic mass is 10.2. The van der Waals surface area contributed by atoms with E-state index in [1.54, 1.807) is 0 Å². The van der Waals surface area contributed by atoms with Gasteiger partial charge in [-0.2, -0.15) is 5.10 Å². The third kappa shape index (κ3) is 2.34. The standard InChI is InChI=1S/C9H17N3/c1-3-4-5-12-7-9(6-11-12)8(2)10/h6-8H,3-5,10H2,1-2H3. The fourth-order valence-electron chi connectivity index (χ4n) is 1.06. The first kappa shape index (κ1) is 9.26. The number of hydrogen-bond acceptors (Lipinski definition) is 2. The molecule has 0 aliphatic carbocycles. The van der Waals surface area contributed by atoms with E-state index >= 15 is 0 Å². The molecule has 3 heteroatoms. The second-order valence-electron chi connectivity index (χ2n) is 3.18. The van der Waals surface area contributed by atoms with E-state index in [1.165, 1.54) is 12.8 Å². The summed E-state index contributed by atoms with van der Waals surface area (Å²) in [6.07, 6.45) is 6.26. The third-order valence-electron chi connectivity index (χ3n) is 1.92. The van der Waals surface area contributed by atoms with Gasteiger partial charge in [-0.25, -0.2) is 0 Å². The Balaban J connectivity index is 2.52. The van der Waals surface area contributed by atoms with Crippen LogP contribution >= 0.6 is 0 Å². The molecule has 0 spiro atoms. The first-order valence-corrected chi connectivity index (χ1v) is 4.52. The number of nitrogens with two attached hydrogens (primary N) is 1. The van der Waals surface area contributed by atoms with Gasteiger partial charge in [0.25, 0.3) is 0 Å². The molecule has 2 N–H and O–H groups in total. The van der Waals surface area contributed by atoms with Crippen molar-refractivity contribution in [2.24, 2.45) is 5.73 Å². The van der Waals surface area contributed by atoms with Gasteiger partial charge in [-0.15, -0.1) is 0 Å². The smallest absolute Gasteiger partial charge is 0.0537 e. The Labute approximate surface area is 73.6 Å². The molecule has 1 heterocycles. The summed E-state index contributed by atoms with van der Waals surface area (Å²) in [6, 6.07) is 0.0976. The molecule has 1 aromatic heterocycles.